The van der Waals surface area contributed by atoms with Gasteiger partial charge in [-0.05, 0) is 304 Å². The zero-order chi connectivity index (χ0) is 89.4. The molecule has 4 nitrogen and oxygen atoms in total. The maximum absolute atomic E-state index is 3.87. The van der Waals surface area contributed by atoms with E-state index >= 15 is 0 Å². The molecule has 0 unspecified atom stereocenters. The number of unbranched alkanes of at least 4 members (excludes halogenated alkanes) is 10. The number of anilines is 4. The smallest absolute Gasteiger partial charge is 0.0713 e. The van der Waals surface area contributed by atoms with Gasteiger partial charge < -0.3 is 19.8 Å². The number of halogens is 2. The fraction of sp³-hybridized carbons (Fsp3) is 0.190. The molecule has 2 heterocycles. The van der Waals surface area contributed by atoms with Crippen molar-refractivity contribution in [2.75, 3.05) is 10.6 Å². The minimum absolute atomic E-state index is 0.0115. The van der Waals surface area contributed by atoms with Crippen LogP contribution in [0, 0.1) is 0 Å². The topological polar surface area (TPSA) is 33.9 Å². The van der Waals surface area contributed by atoms with Crippen molar-refractivity contribution in [1.82, 2.24) is 9.13 Å². The van der Waals surface area contributed by atoms with Crippen LogP contribution >= 0.6 is 31.9 Å². The lowest BCUT2D eigenvalue weighted by atomic mass is 9.66. The summed E-state index contributed by atoms with van der Waals surface area (Å²) in [6.45, 7) is 14.1. The van der Waals surface area contributed by atoms with Gasteiger partial charge in [-0.25, -0.2) is 0 Å². The maximum Gasteiger partial charge on any atom is 0.0713 e. The highest BCUT2D eigenvalue weighted by atomic mass is 79.9. The minimum atomic E-state index is -0.580. The number of fused-ring (bicyclic) bond motifs is 18. The summed E-state index contributed by atoms with van der Waals surface area (Å²) in [6.07, 6.45) is 18.1. The molecule has 4 aliphatic carbocycles. The summed E-state index contributed by atoms with van der Waals surface area (Å²) >= 11 is 7.20. The summed E-state index contributed by atoms with van der Waals surface area (Å²) in [5, 5.41) is 12.7. The molecule has 2 aromatic heterocycles. The van der Waals surface area contributed by atoms with Gasteiger partial charge in [-0.15, -0.1) is 0 Å². The molecule has 0 atom stereocenters. The number of rotatable bonds is 25. The van der Waals surface area contributed by atoms with Crippen LogP contribution in [0.2, 0.25) is 0 Å². The van der Waals surface area contributed by atoms with Crippen LogP contribution in [0.1, 0.15) is 187 Å². The van der Waals surface area contributed by atoms with Gasteiger partial charge in [0.2, 0.25) is 0 Å². The van der Waals surface area contributed by atoms with Gasteiger partial charge in [0.05, 0.1) is 27.5 Å². The van der Waals surface area contributed by atoms with Crippen LogP contribution in [0.4, 0.5) is 22.7 Å². The van der Waals surface area contributed by atoms with Crippen LogP contribution in [0.25, 0.3) is 133 Å². The molecule has 0 spiro atoms. The molecule has 0 aliphatic heterocycles. The molecule has 0 radical (unpaired) electrons. The first-order valence-electron chi connectivity index (χ1n) is 48.1. The SMILES string of the molecule is Brc1ccc(-c2ccc3c(c2)c2cc(-c4ccc5c(c4)c4cc(-c6ccc(Br)cc6)ccc4n5-c4ccccc4)ccc2n3-c2ccccc2)cc1.CCCCCCCCC1(CCCCCCCC)c2ccccc2-c2cc3c(cc21)-c1ccccc1C3(c1ccc(Nc2ccc3c(c2)C(C)(C)c2ccccc2-3)cc1)c1ccc(Nc2ccc3c(c2)C(C)(C)c2ccccc2-3)cc1. The lowest BCUT2D eigenvalue weighted by Crippen LogP contribution is -2.29. The maximum atomic E-state index is 3.87. The van der Waals surface area contributed by atoms with E-state index < -0.39 is 5.41 Å². The monoisotopic (exact) mass is 1840 g/mol. The Kier molecular flexibility index (Phi) is 22.3. The molecule has 0 fully saturated rings. The summed E-state index contributed by atoms with van der Waals surface area (Å²) in [5.74, 6) is 0. The second-order valence-electron chi connectivity index (χ2n) is 38.5. The van der Waals surface area contributed by atoms with Crippen molar-refractivity contribution in [2.24, 2.45) is 0 Å². The molecule has 19 aromatic rings. The van der Waals surface area contributed by atoms with Crippen LogP contribution in [-0.4, -0.2) is 9.13 Å². The quantitative estimate of drug-likeness (QED) is 0.0559. The fourth-order valence-electron chi connectivity index (χ4n) is 23.4. The number of para-hydroxylation sites is 2. The molecule has 648 valence electrons. The molecule has 6 heteroatoms. The van der Waals surface area contributed by atoms with Crippen molar-refractivity contribution in [1.29, 1.82) is 0 Å². The second kappa shape index (κ2) is 34.9. The van der Waals surface area contributed by atoms with Gasteiger partial charge in [-0.1, -0.05) is 369 Å². The Morgan fingerprint density at radius 3 is 0.955 bits per heavy atom. The van der Waals surface area contributed by atoms with E-state index in [1.54, 1.807) is 11.1 Å². The second-order valence-corrected chi connectivity index (χ2v) is 40.3. The van der Waals surface area contributed by atoms with Crippen LogP contribution < -0.4 is 10.6 Å². The van der Waals surface area contributed by atoms with Crippen molar-refractivity contribution < 1.29 is 0 Å². The average Bonchev–Trinajstić information content (AvgIpc) is 1.51. The van der Waals surface area contributed by atoms with Crippen LogP contribution in [0.15, 0.2) is 385 Å². The number of benzene rings is 17. The summed E-state index contributed by atoms with van der Waals surface area (Å²) in [6, 6.07) is 141. The highest BCUT2D eigenvalue weighted by Crippen LogP contribution is 2.63. The van der Waals surface area contributed by atoms with E-state index in [-0.39, 0.29) is 16.2 Å². The minimum Gasteiger partial charge on any atom is -0.356 e. The van der Waals surface area contributed by atoms with Gasteiger partial charge in [-0.3, -0.25) is 0 Å². The summed E-state index contributed by atoms with van der Waals surface area (Å²) in [5.41, 5.74) is 42.9. The molecule has 0 saturated heterocycles. The van der Waals surface area contributed by atoms with E-state index in [9.17, 15) is 0 Å². The van der Waals surface area contributed by atoms with Crippen molar-refractivity contribution in [3.05, 3.63) is 441 Å². The predicted octanol–water partition coefficient (Wildman–Crippen LogP) is 36.3. The Labute approximate surface area is 794 Å². The van der Waals surface area contributed by atoms with E-state index in [4.69, 9.17) is 0 Å². The highest BCUT2D eigenvalue weighted by Gasteiger charge is 2.50. The Balaban J connectivity index is 0.000000168. The molecule has 17 aromatic carbocycles. The van der Waals surface area contributed by atoms with Crippen molar-refractivity contribution in [3.8, 4) is 89.3 Å². The van der Waals surface area contributed by atoms with E-state index in [0.29, 0.717) is 0 Å². The Morgan fingerprint density at radius 1 is 0.235 bits per heavy atom. The first kappa shape index (κ1) is 84.4. The molecular formula is C126H110Br2N4. The predicted molar refractivity (Wildman–Crippen MR) is 567 cm³/mol. The van der Waals surface area contributed by atoms with Gasteiger partial charge in [0.1, 0.15) is 0 Å². The van der Waals surface area contributed by atoms with E-state index in [2.05, 4.69) is 469 Å². The van der Waals surface area contributed by atoms with Crippen LogP contribution in [0.5, 0.6) is 0 Å². The number of nitrogens with one attached hydrogen (secondary N) is 2. The third kappa shape index (κ3) is 14.7. The first-order valence-corrected chi connectivity index (χ1v) is 49.7. The van der Waals surface area contributed by atoms with Crippen LogP contribution in [-0.2, 0) is 21.7 Å². The Bertz CT molecular complexity index is 7220. The molecular weight excluding hydrogens is 1730 g/mol. The number of hydrogen-bond donors (Lipinski definition) is 2. The molecule has 2 N–H and O–H groups in total. The summed E-state index contributed by atoms with van der Waals surface area (Å²) in [4.78, 5) is 0. The average molecular weight is 1840 g/mol. The number of nitrogens with zero attached hydrogens (tertiary/aromatic N) is 2. The lowest BCUT2D eigenvalue weighted by molar-refractivity contribution is 0.398. The van der Waals surface area contributed by atoms with E-state index in [1.807, 2.05) is 0 Å². The van der Waals surface area contributed by atoms with Gasteiger partial charge in [-0.2, -0.15) is 0 Å². The van der Waals surface area contributed by atoms with Crippen molar-refractivity contribution in [2.45, 2.75) is 153 Å². The normalized spacial score (nSPS) is 14.0. The van der Waals surface area contributed by atoms with Gasteiger partial charge in [0.25, 0.3) is 0 Å². The molecule has 0 bridgehead atoms. The Hall–Kier alpha value is -13.1. The zero-order valence-electron chi connectivity index (χ0n) is 76.3. The molecule has 132 heavy (non-hydrogen) atoms. The number of hydrogen-bond acceptors (Lipinski definition) is 2. The summed E-state index contributed by atoms with van der Waals surface area (Å²) in [7, 11) is 0. The first-order chi connectivity index (χ1) is 64.7. The van der Waals surface area contributed by atoms with Gasteiger partial charge in [0, 0.05) is 80.9 Å². The Morgan fingerprint density at radius 2 is 0.545 bits per heavy atom. The van der Waals surface area contributed by atoms with Gasteiger partial charge >= 0.3 is 0 Å². The van der Waals surface area contributed by atoms with E-state index in [1.165, 1.54) is 256 Å². The van der Waals surface area contributed by atoms with E-state index in [0.717, 1.165) is 43.1 Å². The largest absolute Gasteiger partial charge is 0.356 e. The fourth-order valence-corrected chi connectivity index (χ4v) is 23.9. The van der Waals surface area contributed by atoms with Crippen LogP contribution in [0.3, 0.4) is 0 Å². The third-order valence-corrected chi connectivity index (χ3v) is 31.0. The highest BCUT2D eigenvalue weighted by molar-refractivity contribution is 9.10. The molecule has 23 rings (SSSR count). The van der Waals surface area contributed by atoms with Crippen molar-refractivity contribution >= 4 is 98.2 Å². The lowest BCUT2D eigenvalue weighted by Gasteiger charge is -2.35. The molecule has 0 amide bonds. The van der Waals surface area contributed by atoms with Gasteiger partial charge in [0.15, 0.2) is 0 Å². The van der Waals surface area contributed by atoms with Crippen molar-refractivity contribution in [3.63, 3.8) is 0 Å². The molecule has 0 saturated carbocycles. The standard InChI is InChI=1S/C78H80N2.C48H30Br2N2/c1-7-9-11-13-15-25-47-77(48-26-16-14-12-10-8-2)69-33-23-19-29-61(69)65-52-74-66(51-73(65)77)62-30-20-24-34-70(62)78(74,53-35-39-55(40-36-53)79-57-43-45-63-59-27-17-21-31-67(59)75(3,4)71(63)49-57)54-37-41-56(42-38-54)80-58-44-46-64-60-28-18-22-32-68(60)76(5,6)72(64)50-58;49-37-19-11-31(12-20-37)33-15-23-45-41(27-33)43-29-35(17-25-47(43)51(45)39-7-3-1-4-8-39)36-18-26-48-44(30-36)42-28-34(32-13-21-38(50)22-14-32)16-24-46(42)52(48)40-9-5-2-6-10-40/h17-24,27-46,49-52,79-80H,7-16,25-26,47-48H2,1-6H3;1-30H. The number of aromatic nitrogens is 2. The third-order valence-electron chi connectivity index (χ3n) is 30.0. The zero-order valence-corrected chi connectivity index (χ0v) is 79.5. The summed E-state index contributed by atoms with van der Waals surface area (Å²) < 4.78 is 6.94. The molecule has 4 aliphatic rings.